The smallest absolute Gasteiger partial charge is 0.246 e. The van der Waals surface area contributed by atoms with Gasteiger partial charge in [0.1, 0.15) is 6.61 Å². The van der Waals surface area contributed by atoms with E-state index in [1.807, 2.05) is 45.9 Å². The van der Waals surface area contributed by atoms with E-state index < -0.39 is 0 Å². The van der Waals surface area contributed by atoms with Gasteiger partial charge in [-0.05, 0) is 39.8 Å². The second-order valence-electron chi connectivity index (χ2n) is 4.95. The van der Waals surface area contributed by atoms with Crippen molar-refractivity contribution in [2.24, 2.45) is 0 Å². The molecule has 0 bridgehead atoms. The van der Waals surface area contributed by atoms with Gasteiger partial charge < -0.3 is 10.1 Å². The van der Waals surface area contributed by atoms with Crippen LogP contribution in [0.2, 0.25) is 0 Å². The molecule has 17 heavy (non-hydrogen) atoms. The average molecular weight is 236 g/mol. The van der Waals surface area contributed by atoms with E-state index in [9.17, 15) is 4.79 Å². The minimum absolute atomic E-state index is 0.0787. The highest BCUT2D eigenvalue weighted by Gasteiger charge is 2.12. The molecule has 0 fully saturated rings. The molecule has 0 atom stereocenters. The molecule has 94 valence electrons. The Labute approximate surface area is 102 Å². The monoisotopic (exact) mass is 236 g/mol. The number of ether oxygens (including phenoxy) is 1. The topological polar surface area (TPSA) is 51.2 Å². The van der Waals surface area contributed by atoms with Crippen LogP contribution in [0.1, 0.15) is 32.2 Å². The molecule has 0 saturated heterocycles. The molecule has 0 aliphatic rings. The van der Waals surface area contributed by atoms with Crippen molar-refractivity contribution in [2.45, 2.75) is 39.8 Å². The average Bonchev–Trinajstić information content (AvgIpc) is 2.23. The third kappa shape index (κ3) is 6.02. The third-order valence-electron chi connectivity index (χ3n) is 2.05. The van der Waals surface area contributed by atoms with Gasteiger partial charge >= 0.3 is 0 Å². The highest BCUT2D eigenvalue weighted by Crippen LogP contribution is 2.05. The molecular weight excluding hydrogens is 216 g/mol. The number of hydrogen-bond donors (Lipinski definition) is 1. The Morgan fingerprint density at radius 3 is 2.71 bits per heavy atom. The summed E-state index contributed by atoms with van der Waals surface area (Å²) in [5.74, 6) is -0.122. The molecule has 4 heteroatoms. The van der Waals surface area contributed by atoms with Crippen molar-refractivity contribution in [2.75, 3.05) is 6.61 Å². The number of nitrogens with one attached hydrogen (secondary N) is 1. The van der Waals surface area contributed by atoms with Crippen LogP contribution in [0.25, 0.3) is 0 Å². The van der Waals surface area contributed by atoms with Gasteiger partial charge in [-0.25, -0.2) is 0 Å². The Morgan fingerprint density at radius 1 is 1.41 bits per heavy atom. The molecule has 1 aromatic rings. The first-order chi connectivity index (χ1) is 7.87. The second kappa shape index (κ2) is 5.77. The lowest BCUT2D eigenvalue weighted by Crippen LogP contribution is -2.31. The summed E-state index contributed by atoms with van der Waals surface area (Å²) in [6.45, 7) is 8.20. The molecule has 1 heterocycles. The van der Waals surface area contributed by atoms with Gasteiger partial charge in [-0.3, -0.25) is 9.78 Å². The van der Waals surface area contributed by atoms with Gasteiger partial charge in [-0.15, -0.1) is 0 Å². The van der Waals surface area contributed by atoms with Gasteiger partial charge in [-0.1, -0.05) is 6.07 Å². The van der Waals surface area contributed by atoms with Crippen molar-refractivity contribution in [1.29, 1.82) is 0 Å². The SMILES string of the molecule is Cc1cccc(CNC(=O)COC(C)(C)C)n1. The maximum absolute atomic E-state index is 11.5. The first kappa shape index (κ1) is 13.6. The Kier molecular flexibility index (Phi) is 4.63. The zero-order valence-electron chi connectivity index (χ0n) is 10.9. The van der Waals surface area contributed by atoms with Gasteiger partial charge in [0.15, 0.2) is 0 Å². The van der Waals surface area contributed by atoms with Crippen LogP contribution in [-0.4, -0.2) is 23.1 Å². The lowest BCUT2D eigenvalue weighted by molar-refractivity contribution is -0.130. The van der Waals surface area contributed by atoms with E-state index in [0.29, 0.717) is 6.54 Å². The largest absolute Gasteiger partial charge is 0.366 e. The van der Waals surface area contributed by atoms with Gasteiger partial charge in [0, 0.05) is 5.69 Å². The normalized spacial score (nSPS) is 11.3. The lowest BCUT2D eigenvalue weighted by Gasteiger charge is -2.18. The summed E-state index contributed by atoms with van der Waals surface area (Å²) >= 11 is 0. The van der Waals surface area contributed by atoms with Crippen LogP contribution >= 0.6 is 0 Å². The molecule has 0 aliphatic heterocycles. The molecule has 1 aromatic heterocycles. The van der Waals surface area contributed by atoms with Crippen molar-refractivity contribution in [1.82, 2.24) is 10.3 Å². The number of carbonyl (C=O) groups is 1. The fourth-order valence-electron chi connectivity index (χ4n) is 1.22. The molecule has 0 aliphatic carbocycles. The highest BCUT2D eigenvalue weighted by molar-refractivity contribution is 5.77. The van der Waals surface area contributed by atoms with E-state index in [-0.39, 0.29) is 18.1 Å². The number of carbonyl (C=O) groups excluding carboxylic acids is 1. The van der Waals surface area contributed by atoms with Gasteiger partial charge in [0.25, 0.3) is 0 Å². The summed E-state index contributed by atoms with van der Waals surface area (Å²) in [5.41, 5.74) is 1.51. The zero-order chi connectivity index (χ0) is 12.9. The molecule has 0 aromatic carbocycles. The Bertz CT molecular complexity index is 383. The number of hydrogen-bond acceptors (Lipinski definition) is 3. The first-order valence-electron chi connectivity index (χ1n) is 5.70. The maximum Gasteiger partial charge on any atom is 0.246 e. The Hall–Kier alpha value is -1.42. The fraction of sp³-hybridized carbons (Fsp3) is 0.538. The predicted octanol–water partition coefficient (Wildman–Crippen LogP) is 1.82. The quantitative estimate of drug-likeness (QED) is 0.867. The summed E-state index contributed by atoms with van der Waals surface area (Å²) in [5, 5.41) is 2.77. The lowest BCUT2D eigenvalue weighted by atomic mass is 10.2. The van der Waals surface area contributed by atoms with E-state index in [4.69, 9.17) is 4.74 Å². The van der Waals surface area contributed by atoms with Crippen molar-refractivity contribution < 1.29 is 9.53 Å². The molecule has 0 unspecified atom stereocenters. The van der Waals surface area contributed by atoms with Gasteiger partial charge in [0.2, 0.25) is 5.91 Å². The number of amides is 1. The Morgan fingerprint density at radius 2 is 2.12 bits per heavy atom. The molecule has 4 nitrogen and oxygen atoms in total. The minimum atomic E-state index is -0.293. The molecule has 0 saturated carbocycles. The summed E-state index contributed by atoms with van der Waals surface area (Å²) in [4.78, 5) is 15.8. The molecule has 1 amide bonds. The molecule has 0 spiro atoms. The Balaban J connectivity index is 2.33. The van der Waals surface area contributed by atoms with Gasteiger partial charge in [-0.2, -0.15) is 0 Å². The van der Waals surface area contributed by atoms with E-state index in [1.165, 1.54) is 0 Å². The van der Waals surface area contributed by atoms with Crippen molar-refractivity contribution in [3.05, 3.63) is 29.6 Å². The minimum Gasteiger partial charge on any atom is -0.366 e. The zero-order valence-corrected chi connectivity index (χ0v) is 10.9. The summed E-state index contributed by atoms with van der Waals surface area (Å²) < 4.78 is 5.37. The third-order valence-corrected chi connectivity index (χ3v) is 2.05. The van der Waals surface area contributed by atoms with Crippen LogP contribution in [0.3, 0.4) is 0 Å². The molecule has 1 rings (SSSR count). The second-order valence-corrected chi connectivity index (χ2v) is 4.95. The van der Waals surface area contributed by atoms with Crippen molar-refractivity contribution >= 4 is 5.91 Å². The molecular formula is C13H20N2O2. The summed E-state index contributed by atoms with van der Waals surface area (Å²) in [6, 6.07) is 5.74. The van der Waals surface area contributed by atoms with Gasteiger partial charge in [0.05, 0.1) is 17.8 Å². The van der Waals surface area contributed by atoms with Crippen LogP contribution in [0.5, 0.6) is 0 Å². The van der Waals surface area contributed by atoms with Crippen LogP contribution in [0.4, 0.5) is 0 Å². The number of pyridine rings is 1. The van der Waals surface area contributed by atoms with Crippen molar-refractivity contribution in [3.8, 4) is 0 Å². The van der Waals surface area contributed by atoms with Crippen molar-refractivity contribution in [3.63, 3.8) is 0 Å². The maximum atomic E-state index is 11.5. The standard InChI is InChI=1S/C13H20N2O2/c1-10-6-5-7-11(15-10)8-14-12(16)9-17-13(2,3)4/h5-7H,8-9H2,1-4H3,(H,14,16). The van der Waals surface area contributed by atoms with E-state index in [1.54, 1.807) is 0 Å². The van der Waals surface area contributed by atoms with E-state index in [0.717, 1.165) is 11.4 Å². The fourth-order valence-corrected chi connectivity index (χ4v) is 1.22. The van der Waals surface area contributed by atoms with Crippen LogP contribution in [-0.2, 0) is 16.1 Å². The molecule has 0 radical (unpaired) electrons. The highest BCUT2D eigenvalue weighted by atomic mass is 16.5. The predicted molar refractivity (Wildman–Crippen MR) is 66.5 cm³/mol. The van der Waals surface area contributed by atoms with E-state index >= 15 is 0 Å². The molecule has 1 N–H and O–H groups in total. The van der Waals surface area contributed by atoms with Crippen LogP contribution < -0.4 is 5.32 Å². The number of aryl methyl sites for hydroxylation is 1. The number of nitrogens with zero attached hydrogens (tertiary/aromatic N) is 1. The number of aromatic nitrogens is 1. The number of rotatable bonds is 4. The summed E-state index contributed by atoms with van der Waals surface area (Å²) in [7, 11) is 0. The van der Waals surface area contributed by atoms with E-state index in [2.05, 4.69) is 10.3 Å². The first-order valence-corrected chi connectivity index (χ1v) is 5.70. The van der Waals surface area contributed by atoms with Crippen LogP contribution in [0.15, 0.2) is 18.2 Å². The van der Waals surface area contributed by atoms with Crippen LogP contribution in [0, 0.1) is 6.92 Å². The summed E-state index contributed by atoms with van der Waals surface area (Å²) in [6.07, 6.45) is 0.